The molecule has 0 unspecified atom stereocenters. The predicted molar refractivity (Wildman–Crippen MR) is 96.0 cm³/mol. The number of carbonyl (C=O) groups is 1. The van der Waals surface area contributed by atoms with E-state index < -0.39 is 16.0 Å². The number of carboxylic acid groups (broad SMARTS) is 1. The SMILES string of the molecule is Nc1cccc(S(=O)(=O)n2cc(CCCC(=O)O)c3ccccc32)c1. The van der Waals surface area contributed by atoms with E-state index in [-0.39, 0.29) is 11.3 Å². The maximum atomic E-state index is 13.0. The fourth-order valence-corrected chi connectivity index (χ4v) is 4.28. The van der Waals surface area contributed by atoms with Crippen LogP contribution in [0.1, 0.15) is 18.4 Å². The Bertz CT molecular complexity index is 1040. The average Bonchev–Trinajstić information content (AvgIpc) is 2.94. The van der Waals surface area contributed by atoms with Crippen LogP contribution in [0.15, 0.2) is 59.6 Å². The molecule has 3 N–H and O–H groups in total. The summed E-state index contributed by atoms with van der Waals surface area (Å²) < 4.78 is 27.3. The number of anilines is 1. The molecule has 0 amide bonds. The number of carboxylic acids is 1. The first-order valence-corrected chi connectivity index (χ1v) is 9.25. The summed E-state index contributed by atoms with van der Waals surface area (Å²) in [4.78, 5) is 10.8. The van der Waals surface area contributed by atoms with Crippen LogP contribution in [0.3, 0.4) is 0 Å². The van der Waals surface area contributed by atoms with Crippen molar-refractivity contribution in [1.82, 2.24) is 3.97 Å². The van der Waals surface area contributed by atoms with Crippen LogP contribution in [-0.2, 0) is 21.2 Å². The number of hydrogen-bond acceptors (Lipinski definition) is 4. The van der Waals surface area contributed by atoms with Crippen molar-refractivity contribution in [2.75, 3.05) is 5.73 Å². The molecule has 0 fully saturated rings. The molecule has 0 saturated heterocycles. The summed E-state index contributed by atoms with van der Waals surface area (Å²) >= 11 is 0. The molecular formula is C18H18N2O4S. The number of para-hydroxylation sites is 1. The predicted octanol–water partition coefficient (Wildman–Crippen LogP) is 2.87. The van der Waals surface area contributed by atoms with Gasteiger partial charge in [-0.05, 0) is 42.7 Å². The molecule has 6 nitrogen and oxygen atoms in total. The smallest absolute Gasteiger partial charge is 0.303 e. The Balaban J connectivity index is 2.08. The molecule has 2 aromatic carbocycles. The van der Waals surface area contributed by atoms with Crippen molar-refractivity contribution < 1.29 is 18.3 Å². The third-order valence-corrected chi connectivity index (χ3v) is 5.68. The summed E-state index contributed by atoms with van der Waals surface area (Å²) in [5.41, 5.74) is 7.46. The van der Waals surface area contributed by atoms with E-state index in [9.17, 15) is 13.2 Å². The summed E-state index contributed by atoms with van der Waals surface area (Å²) in [5.74, 6) is -0.865. The zero-order valence-electron chi connectivity index (χ0n) is 13.4. The molecule has 3 rings (SSSR count). The molecular weight excluding hydrogens is 340 g/mol. The number of hydrogen-bond donors (Lipinski definition) is 2. The van der Waals surface area contributed by atoms with E-state index in [0.717, 1.165) is 10.9 Å². The Hall–Kier alpha value is -2.80. The topological polar surface area (TPSA) is 102 Å². The number of aliphatic carboxylic acids is 1. The monoisotopic (exact) mass is 358 g/mol. The van der Waals surface area contributed by atoms with Crippen molar-refractivity contribution in [3.63, 3.8) is 0 Å². The lowest BCUT2D eigenvalue weighted by molar-refractivity contribution is -0.137. The molecule has 7 heteroatoms. The molecule has 130 valence electrons. The first-order valence-electron chi connectivity index (χ1n) is 7.81. The fraction of sp³-hybridized carbons (Fsp3) is 0.167. The number of rotatable bonds is 6. The molecule has 1 heterocycles. The number of aryl methyl sites for hydroxylation is 1. The van der Waals surface area contributed by atoms with Crippen LogP contribution in [0.5, 0.6) is 0 Å². The van der Waals surface area contributed by atoms with Gasteiger partial charge in [0.2, 0.25) is 0 Å². The Morgan fingerprint density at radius 3 is 2.60 bits per heavy atom. The minimum Gasteiger partial charge on any atom is -0.481 e. The zero-order chi connectivity index (χ0) is 18.0. The van der Waals surface area contributed by atoms with Crippen LogP contribution in [0.2, 0.25) is 0 Å². The van der Waals surface area contributed by atoms with Crippen molar-refractivity contribution in [3.8, 4) is 0 Å². The first-order chi connectivity index (χ1) is 11.9. The normalized spacial score (nSPS) is 11.7. The Kier molecular flexibility index (Phi) is 4.50. The Morgan fingerprint density at radius 2 is 1.88 bits per heavy atom. The number of nitrogens with two attached hydrogens (primary N) is 1. The summed E-state index contributed by atoms with van der Waals surface area (Å²) in [6, 6.07) is 13.3. The van der Waals surface area contributed by atoms with Gasteiger partial charge < -0.3 is 10.8 Å². The summed E-state index contributed by atoms with van der Waals surface area (Å²) in [6.07, 6.45) is 2.56. The van der Waals surface area contributed by atoms with Crippen LogP contribution in [0, 0.1) is 0 Å². The van der Waals surface area contributed by atoms with Gasteiger partial charge in [0.05, 0.1) is 10.4 Å². The maximum Gasteiger partial charge on any atom is 0.303 e. The minimum atomic E-state index is -3.79. The summed E-state index contributed by atoms with van der Waals surface area (Å²) in [5, 5.41) is 9.61. The second-order valence-corrected chi connectivity index (χ2v) is 7.61. The highest BCUT2D eigenvalue weighted by molar-refractivity contribution is 7.90. The Morgan fingerprint density at radius 1 is 1.12 bits per heavy atom. The molecule has 25 heavy (non-hydrogen) atoms. The highest BCUT2D eigenvalue weighted by atomic mass is 32.2. The van der Waals surface area contributed by atoms with Gasteiger partial charge >= 0.3 is 5.97 Å². The average molecular weight is 358 g/mol. The van der Waals surface area contributed by atoms with Crippen LogP contribution in [0.25, 0.3) is 10.9 Å². The second kappa shape index (κ2) is 6.60. The van der Waals surface area contributed by atoms with Crippen LogP contribution >= 0.6 is 0 Å². The van der Waals surface area contributed by atoms with E-state index in [1.807, 2.05) is 12.1 Å². The molecule has 0 spiro atoms. The lowest BCUT2D eigenvalue weighted by Gasteiger charge is -2.08. The van der Waals surface area contributed by atoms with E-state index >= 15 is 0 Å². The molecule has 0 saturated carbocycles. The van der Waals surface area contributed by atoms with E-state index in [2.05, 4.69) is 0 Å². The maximum absolute atomic E-state index is 13.0. The van der Waals surface area contributed by atoms with Crippen molar-refractivity contribution in [1.29, 1.82) is 0 Å². The van der Waals surface area contributed by atoms with Gasteiger partial charge in [-0.15, -0.1) is 0 Å². The van der Waals surface area contributed by atoms with Gasteiger partial charge in [0.15, 0.2) is 0 Å². The molecule has 0 aliphatic heterocycles. The lowest BCUT2D eigenvalue weighted by atomic mass is 10.1. The Labute approximate surface area is 145 Å². The molecule has 0 aliphatic rings. The molecule has 0 bridgehead atoms. The van der Waals surface area contributed by atoms with Gasteiger partial charge in [0.1, 0.15) is 0 Å². The number of aromatic nitrogens is 1. The van der Waals surface area contributed by atoms with Crippen molar-refractivity contribution in [2.45, 2.75) is 24.2 Å². The number of nitrogen functional groups attached to an aromatic ring is 1. The van der Waals surface area contributed by atoms with E-state index in [1.165, 1.54) is 16.1 Å². The van der Waals surface area contributed by atoms with E-state index in [0.29, 0.717) is 24.0 Å². The largest absolute Gasteiger partial charge is 0.481 e. The van der Waals surface area contributed by atoms with Gasteiger partial charge in [-0.25, -0.2) is 12.4 Å². The highest BCUT2D eigenvalue weighted by Crippen LogP contribution is 2.27. The lowest BCUT2D eigenvalue weighted by Crippen LogP contribution is -2.12. The fourth-order valence-electron chi connectivity index (χ4n) is 2.83. The van der Waals surface area contributed by atoms with Crippen molar-refractivity contribution in [3.05, 3.63) is 60.3 Å². The van der Waals surface area contributed by atoms with Gasteiger partial charge in [0, 0.05) is 23.7 Å². The van der Waals surface area contributed by atoms with E-state index in [4.69, 9.17) is 10.8 Å². The number of benzene rings is 2. The first kappa shape index (κ1) is 17.0. The van der Waals surface area contributed by atoms with Gasteiger partial charge in [-0.2, -0.15) is 0 Å². The molecule has 1 aromatic heterocycles. The highest BCUT2D eigenvalue weighted by Gasteiger charge is 2.21. The standard InChI is InChI=1S/C18H18N2O4S/c19-14-6-4-7-15(11-14)25(23,24)20-12-13(5-3-10-18(21)22)16-8-1-2-9-17(16)20/h1-2,4,6-9,11-12H,3,5,10,19H2,(H,21,22). The third-order valence-electron chi connectivity index (χ3n) is 4.01. The zero-order valence-corrected chi connectivity index (χ0v) is 14.2. The van der Waals surface area contributed by atoms with Gasteiger partial charge in [-0.1, -0.05) is 24.3 Å². The molecule has 0 aliphatic carbocycles. The minimum absolute atomic E-state index is 0.0431. The number of fused-ring (bicyclic) bond motifs is 1. The van der Waals surface area contributed by atoms with Crippen LogP contribution in [0.4, 0.5) is 5.69 Å². The second-order valence-electron chi connectivity index (χ2n) is 5.79. The molecule has 3 aromatic rings. The number of nitrogens with zero attached hydrogens (tertiary/aromatic N) is 1. The van der Waals surface area contributed by atoms with E-state index in [1.54, 1.807) is 30.5 Å². The van der Waals surface area contributed by atoms with Crippen LogP contribution < -0.4 is 5.73 Å². The summed E-state index contributed by atoms with van der Waals surface area (Å²) in [6.45, 7) is 0. The summed E-state index contributed by atoms with van der Waals surface area (Å²) in [7, 11) is -3.79. The van der Waals surface area contributed by atoms with Gasteiger partial charge in [-0.3, -0.25) is 4.79 Å². The van der Waals surface area contributed by atoms with Crippen LogP contribution in [-0.4, -0.2) is 23.5 Å². The molecule has 0 atom stereocenters. The van der Waals surface area contributed by atoms with Crippen molar-refractivity contribution in [2.24, 2.45) is 0 Å². The van der Waals surface area contributed by atoms with Gasteiger partial charge in [0.25, 0.3) is 10.0 Å². The molecule has 0 radical (unpaired) electrons. The van der Waals surface area contributed by atoms with Crippen molar-refractivity contribution >= 4 is 32.6 Å². The quantitative estimate of drug-likeness (QED) is 0.660. The third kappa shape index (κ3) is 3.36.